The van der Waals surface area contributed by atoms with Crippen molar-refractivity contribution in [3.63, 3.8) is 0 Å². The Balaban J connectivity index is 2.18. The van der Waals surface area contributed by atoms with Crippen molar-refractivity contribution >= 4 is 54.1 Å². The predicted octanol–water partition coefficient (Wildman–Crippen LogP) is 4.64. The molecule has 0 heterocycles. The van der Waals surface area contributed by atoms with E-state index in [0.29, 0.717) is 5.75 Å². The van der Waals surface area contributed by atoms with Gasteiger partial charge >= 0.3 is 0 Å². The molecular weight excluding hydrogens is 320 g/mol. The molecule has 116 valence electrons. The van der Waals surface area contributed by atoms with E-state index in [9.17, 15) is 8.42 Å². The van der Waals surface area contributed by atoms with Crippen LogP contribution in [0.5, 0.6) is 5.75 Å². The van der Waals surface area contributed by atoms with Crippen molar-refractivity contribution in [2.75, 3.05) is 0 Å². The van der Waals surface area contributed by atoms with Crippen molar-refractivity contribution in [1.82, 2.24) is 0 Å². The molecule has 0 aliphatic heterocycles. The number of thiol groups is 1. The zero-order valence-electron chi connectivity index (χ0n) is 12.5. The molecule has 0 unspecified atom stereocenters. The quantitative estimate of drug-likeness (QED) is 0.291. The van der Waals surface area contributed by atoms with Gasteiger partial charge in [-0.1, -0.05) is 60.7 Å². The van der Waals surface area contributed by atoms with E-state index < -0.39 is 11.0 Å². The largest absolute Gasteiger partial charge is 0.384 e. The highest BCUT2D eigenvalue weighted by atomic mass is 32.2. The summed E-state index contributed by atoms with van der Waals surface area (Å²) in [5.74, 6) is 0.382. The van der Waals surface area contributed by atoms with E-state index in [4.69, 9.17) is 4.18 Å². The summed E-state index contributed by atoms with van der Waals surface area (Å²) in [5, 5.41) is 8.53. The molecule has 24 heavy (non-hydrogen) atoms. The van der Waals surface area contributed by atoms with E-state index in [1.165, 1.54) is 5.39 Å². The molecule has 4 heteroatoms. The molecule has 0 radical (unpaired) electrons. The van der Waals surface area contributed by atoms with Crippen molar-refractivity contribution in [1.29, 1.82) is 0 Å². The van der Waals surface area contributed by atoms with Crippen LogP contribution in [0.1, 0.15) is 0 Å². The van der Waals surface area contributed by atoms with Gasteiger partial charge in [0.1, 0.15) is 0 Å². The molecule has 0 aromatic heterocycles. The SMILES string of the molecule is O=[SH](=O)Oc1ccc2cccc3c4cccc5cccc(c1c23)c54. The van der Waals surface area contributed by atoms with E-state index in [2.05, 4.69) is 30.3 Å². The highest BCUT2D eigenvalue weighted by Crippen LogP contribution is 2.43. The third-order valence-electron chi connectivity index (χ3n) is 4.64. The number of fused-ring (bicyclic) bond motifs is 2. The zero-order chi connectivity index (χ0) is 16.3. The second kappa shape index (κ2) is 4.82. The minimum absolute atomic E-state index is 0.382. The molecule has 0 saturated heterocycles. The third kappa shape index (κ3) is 1.74. The normalized spacial score (nSPS) is 12.0. The topological polar surface area (TPSA) is 43.4 Å². The zero-order valence-corrected chi connectivity index (χ0v) is 13.4. The van der Waals surface area contributed by atoms with Crippen LogP contribution in [0, 0.1) is 0 Å². The van der Waals surface area contributed by atoms with Gasteiger partial charge in [-0.25, -0.2) is 0 Å². The van der Waals surface area contributed by atoms with Gasteiger partial charge in [-0.3, -0.25) is 0 Å². The van der Waals surface area contributed by atoms with Gasteiger partial charge in [-0.05, 0) is 38.4 Å². The van der Waals surface area contributed by atoms with Crippen molar-refractivity contribution in [2.24, 2.45) is 0 Å². The van der Waals surface area contributed by atoms with E-state index in [-0.39, 0.29) is 0 Å². The first kappa shape index (κ1) is 13.6. The summed E-state index contributed by atoms with van der Waals surface area (Å²) in [5.41, 5.74) is 0. The fourth-order valence-electron chi connectivity index (χ4n) is 3.78. The van der Waals surface area contributed by atoms with E-state index >= 15 is 0 Å². The van der Waals surface area contributed by atoms with Gasteiger partial charge < -0.3 is 4.18 Å². The minimum Gasteiger partial charge on any atom is -0.384 e. The Morgan fingerprint density at radius 3 is 1.83 bits per heavy atom. The smallest absolute Gasteiger partial charge is 0.299 e. The number of benzene rings is 5. The molecule has 0 fully saturated rings. The Morgan fingerprint density at radius 2 is 1.17 bits per heavy atom. The van der Waals surface area contributed by atoms with E-state index in [1.54, 1.807) is 6.07 Å². The lowest BCUT2D eigenvalue weighted by molar-refractivity contribution is 0.514. The Hall–Kier alpha value is -2.85. The van der Waals surface area contributed by atoms with Gasteiger partial charge in [-0.15, -0.1) is 0 Å². The lowest BCUT2D eigenvalue weighted by atomic mass is 9.89. The Labute approximate surface area is 139 Å². The fourth-order valence-corrected chi connectivity index (χ4v) is 4.09. The van der Waals surface area contributed by atoms with Crippen LogP contribution >= 0.6 is 0 Å². The lowest BCUT2D eigenvalue weighted by Crippen LogP contribution is -1.93. The average molecular weight is 332 g/mol. The van der Waals surface area contributed by atoms with E-state index in [1.807, 2.05) is 30.3 Å². The molecule has 5 aromatic rings. The summed E-state index contributed by atoms with van der Waals surface area (Å²) < 4.78 is 27.5. The summed E-state index contributed by atoms with van der Waals surface area (Å²) >= 11 is 0. The van der Waals surface area contributed by atoms with Gasteiger partial charge in [-0.2, -0.15) is 8.42 Å². The van der Waals surface area contributed by atoms with Gasteiger partial charge in [0, 0.05) is 10.8 Å². The highest BCUT2D eigenvalue weighted by Gasteiger charge is 2.16. The number of hydrogen-bond acceptors (Lipinski definition) is 3. The Kier molecular flexibility index (Phi) is 2.73. The molecule has 0 saturated carbocycles. The van der Waals surface area contributed by atoms with Gasteiger partial charge in [0.15, 0.2) is 5.75 Å². The molecule has 0 N–H and O–H groups in total. The molecule has 0 atom stereocenters. The molecule has 0 aliphatic rings. The standard InChI is InChI=1S/C20H12O3S/c21-24(22)23-17-11-10-13-6-2-8-15-14-7-1-4-12-5-3-9-16(18(12)14)20(17)19(13)15/h1-11,24H. The van der Waals surface area contributed by atoms with Gasteiger partial charge in [0.25, 0.3) is 11.0 Å². The Morgan fingerprint density at radius 1 is 0.583 bits per heavy atom. The van der Waals surface area contributed by atoms with Crippen molar-refractivity contribution < 1.29 is 12.6 Å². The van der Waals surface area contributed by atoms with Crippen LogP contribution in [0.15, 0.2) is 66.7 Å². The predicted molar refractivity (Wildman–Crippen MR) is 98.6 cm³/mol. The lowest BCUT2D eigenvalue weighted by Gasteiger charge is -2.15. The Bertz CT molecular complexity index is 1310. The molecule has 0 aliphatic carbocycles. The number of rotatable bonds is 2. The molecule has 0 bridgehead atoms. The first-order valence-electron chi connectivity index (χ1n) is 7.64. The average Bonchev–Trinajstić information content (AvgIpc) is 2.59. The van der Waals surface area contributed by atoms with Gasteiger partial charge in [0.05, 0.1) is 0 Å². The minimum atomic E-state index is -2.97. The van der Waals surface area contributed by atoms with Crippen LogP contribution < -0.4 is 4.18 Å². The maximum atomic E-state index is 11.2. The fraction of sp³-hybridized carbons (Fsp3) is 0. The maximum absolute atomic E-state index is 11.2. The summed E-state index contributed by atoms with van der Waals surface area (Å²) in [6.07, 6.45) is 0. The second-order valence-electron chi connectivity index (χ2n) is 5.87. The van der Waals surface area contributed by atoms with Crippen LogP contribution in [0.25, 0.3) is 43.1 Å². The molecule has 5 aromatic carbocycles. The molecule has 3 nitrogen and oxygen atoms in total. The van der Waals surface area contributed by atoms with Crippen molar-refractivity contribution in [3.05, 3.63) is 66.7 Å². The second-order valence-corrected chi connectivity index (χ2v) is 6.50. The summed E-state index contributed by atoms with van der Waals surface area (Å²) in [6, 6.07) is 22.1. The van der Waals surface area contributed by atoms with Crippen LogP contribution in [0.3, 0.4) is 0 Å². The molecule has 5 rings (SSSR count). The number of hydrogen-bond donors (Lipinski definition) is 1. The van der Waals surface area contributed by atoms with Crippen LogP contribution in [0.4, 0.5) is 0 Å². The summed E-state index contributed by atoms with van der Waals surface area (Å²) in [6.45, 7) is 0. The first-order valence-corrected chi connectivity index (χ1v) is 8.74. The van der Waals surface area contributed by atoms with Crippen molar-refractivity contribution in [3.8, 4) is 5.75 Å². The summed E-state index contributed by atoms with van der Waals surface area (Å²) in [4.78, 5) is 0. The van der Waals surface area contributed by atoms with Crippen LogP contribution in [-0.4, -0.2) is 8.42 Å². The van der Waals surface area contributed by atoms with Crippen LogP contribution in [-0.2, 0) is 11.0 Å². The highest BCUT2D eigenvalue weighted by molar-refractivity contribution is 7.67. The summed E-state index contributed by atoms with van der Waals surface area (Å²) in [7, 11) is -2.97. The van der Waals surface area contributed by atoms with E-state index in [0.717, 1.165) is 37.7 Å². The molecule has 0 spiro atoms. The third-order valence-corrected chi connectivity index (χ3v) is 4.99. The van der Waals surface area contributed by atoms with Gasteiger partial charge in [0.2, 0.25) is 0 Å². The monoisotopic (exact) mass is 332 g/mol. The van der Waals surface area contributed by atoms with Crippen LogP contribution in [0.2, 0.25) is 0 Å². The molecule has 0 amide bonds. The first-order chi connectivity index (χ1) is 11.7. The van der Waals surface area contributed by atoms with Crippen molar-refractivity contribution in [2.45, 2.75) is 0 Å². The molecular formula is C20H12O3S. The maximum Gasteiger partial charge on any atom is 0.299 e.